The fourth-order valence-electron chi connectivity index (χ4n) is 2.33. The predicted molar refractivity (Wildman–Crippen MR) is 68.0 cm³/mol. The quantitative estimate of drug-likeness (QED) is 0.809. The second-order valence-electron chi connectivity index (χ2n) is 4.71. The van der Waals surface area contributed by atoms with Crippen LogP contribution in [0.1, 0.15) is 18.9 Å². The fourth-order valence-corrected chi connectivity index (χ4v) is 2.33. The minimum Gasteiger partial charge on any atom is -0.395 e. The maximum Gasteiger partial charge on any atom is 0.0700 e. The Morgan fingerprint density at radius 1 is 1.41 bits per heavy atom. The molecule has 0 bridgehead atoms. The minimum absolute atomic E-state index is 0.117. The van der Waals surface area contributed by atoms with E-state index in [1.54, 1.807) is 0 Å². The van der Waals surface area contributed by atoms with Gasteiger partial charge in [0.1, 0.15) is 0 Å². The SMILES string of the molecule is CC1OCCC1NC(CO)Cc1ccccc1. The van der Waals surface area contributed by atoms with Gasteiger partial charge in [0.15, 0.2) is 0 Å². The first-order valence-corrected chi connectivity index (χ1v) is 6.32. The van der Waals surface area contributed by atoms with Gasteiger partial charge in [0.2, 0.25) is 0 Å². The second kappa shape index (κ2) is 6.15. The lowest BCUT2D eigenvalue weighted by molar-refractivity contribution is 0.107. The number of hydrogen-bond donors (Lipinski definition) is 2. The van der Waals surface area contributed by atoms with E-state index in [-0.39, 0.29) is 18.8 Å². The molecule has 1 aliphatic rings. The molecule has 3 unspecified atom stereocenters. The van der Waals surface area contributed by atoms with Gasteiger partial charge in [-0.1, -0.05) is 30.3 Å². The summed E-state index contributed by atoms with van der Waals surface area (Å²) >= 11 is 0. The summed E-state index contributed by atoms with van der Waals surface area (Å²) in [5.41, 5.74) is 1.26. The Morgan fingerprint density at radius 2 is 2.18 bits per heavy atom. The van der Waals surface area contributed by atoms with E-state index in [4.69, 9.17) is 4.74 Å². The van der Waals surface area contributed by atoms with Crippen molar-refractivity contribution in [2.45, 2.75) is 38.0 Å². The van der Waals surface area contributed by atoms with Gasteiger partial charge in [-0.2, -0.15) is 0 Å². The lowest BCUT2D eigenvalue weighted by Gasteiger charge is -2.23. The normalized spacial score (nSPS) is 26.0. The standard InChI is InChI=1S/C14H21NO2/c1-11-14(7-8-17-11)15-13(10-16)9-12-5-3-2-4-6-12/h2-6,11,13-16H,7-10H2,1H3. The Hall–Kier alpha value is -0.900. The van der Waals surface area contributed by atoms with Gasteiger partial charge >= 0.3 is 0 Å². The van der Waals surface area contributed by atoms with Gasteiger partial charge in [0.05, 0.1) is 12.7 Å². The molecular weight excluding hydrogens is 214 g/mol. The highest BCUT2D eigenvalue weighted by molar-refractivity contribution is 5.16. The highest BCUT2D eigenvalue weighted by Crippen LogP contribution is 2.14. The zero-order valence-corrected chi connectivity index (χ0v) is 10.3. The van der Waals surface area contributed by atoms with E-state index in [1.165, 1.54) is 5.56 Å². The molecule has 17 heavy (non-hydrogen) atoms. The molecule has 0 aliphatic carbocycles. The summed E-state index contributed by atoms with van der Waals surface area (Å²) in [6.07, 6.45) is 2.15. The van der Waals surface area contributed by atoms with Crippen LogP contribution in [0.15, 0.2) is 30.3 Å². The molecule has 0 aromatic heterocycles. The molecule has 94 valence electrons. The van der Waals surface area contributed by atoms with E-state index in [1.807, 2.05) is 18.2 Å². The van der Waals surface area contributed by atoms with E-state index in [9.17, 15) is 5.11 Å². The van der Waals surface area contributed by atoms with Crippen LogP contribution in [0.5, 0.6) is 0 Å². The van der Waals surface area contributed by atoms with Crippen molar-refractivity contribution in [2.24, 2.45) is 0 Å². The Labute approximate surface area is 103 Å². The van der Waals surface area contributed by atoms with Crippen molar-refractivity contribution in [3.05, 3.63) is 35.9 Å². The fraction of sp³-hybridized carbons (Fsp3) is 0.571. The van der Waals surface area contributed by atoms with Crippen LogP contribution in [-0.4, -0.2) is 36.5 Å². The van der Waals surface area contributed by atoms with Gasteiger partial charge in [0.25, 0.3) is 0 Å². The van der Waals surface area contributed by atoms with Gasteiger partial charge in [-0.3, -0.25) is 0 Å². The van der Waals surface area contributed by atoms with Crippen molar-refractivity contribution in [1.82, 2.24) is 5.32 Å². The number of aliphatic hydroxyl groups is 1. The number of rotatable bonds is 5. The number of nitrogens with one attached hydrogen (secondary N) is 1. The van der Waals surface area contributed by atoms with Crippen molar-refractivity contribution in [1.29, 1.82) is 0 Å². The Balaban J connectivity index is 1.88. The van der Waals surface area contributed by atoms with Gasteiger partial charge < -0.3 is 15.2 Å². The van der Waals surface area contributed by atoms with Crippen LogP contribution >= 0.6 is 0 Å². The molecule has 0 radical (unpaired) electrons. The average Bonchev–Trinajstić information content (AvgIpc) is 2.75. The van der Waals surface area contributed by atoms with Crippen LogP contribution < -0.4 is 5.32 Å². The van der Waals surface area contributed by atoms with E-state index in [2.05, 4.69) is 24.4 Å². The van der Waals surface area contributed by atoms with Gasteiger partial charge in [-0.05, 0) is 25.3 Å². The van der Waals surface area contributed by atoms with Crippen LogP contribution in [0.2, 0.25) is 0 Å². The molecule has 1 heterocycles. The summed E-state index contributed by atoms with van der Waals surface area (Å²) in [5.74, 6) is 0. The lowest BCUT2D eigenvalue weighted by atomic mass is 10.0. The molecule has 1 aromatic rings. The van der Waals surface area contributed by atoms with Crippen LogP contribution in [0.3, 0.4) is 0 Å². The van der Waals surface area contributed by atoms with Crippen LogP contribution in [-0.2, 0) is 11.2 Å². The summed E-state index contributed by atoms with van der Waals surface area (Å²) in [5, 5.41) is 12.9. The molecule has 3 atom stereocenters. The minimum atomic E-state index is 0.117. The van der Waals surface area contributed by atoms with E-state index >= 15 is 0 Å². The lowest BCUT2D eigenvalue weighted by Crippen LogP contribution is -2.45. The summed E-state index contributed by atoms with van der Waals surface area (Å²) in [4.78, 5) is 0. The molecule has 0 amide bonds. The van der Waals surface area contributed by atoms with Crippen LogP contribution in [0.25, 0.3) is 0 Å². The molecule has 1 fully saturated rings. The van der Waals surface area contributed by atoms with Gasteiger partial charge in [-0.15, -0.1) is 0 Å². The molecule has 1 saturated heterocycles. The van der Waals surface area contributed by atoms with Gasteiger partial charge in [0, 0.05) is 18.7 Å². The first kappa shape index (κ1) is 12.6. The third-order valence-corrected chi connectivity index (χ3v) is 3.37. The highest BCUT2D eigenvalue weighted by atomic mass is 16.5. The molecule has 1 aliphatic heterocycles. The third kappa shape index (κ3) is 3.53. The number of hydrogen-bond acceptors (Lipinski definition) is 3. The second-order valence-corrected chi connectivity index (χ2v) is 4.71. The molecule has 2 rings (SSSR count). The molecule has 0 saturated carbocycles. The molecule has 1 aromatic carbocycles. The number of benzene rings is 1. The van der Waals surface area contributed by atoms with Gasteiger partial charge in [-0.25, -0.2) is 0 Å². The zero-order valence-electron chi connectivity index (χ0n) is 10.3. The first-order chi connectivity index (χ1) is 8.29. The average molecular weight is 235 g/mol. The first-order valence-electron chi connectivity index (χ1n) is 6.32. The monoisotopic (exact) mass is 235 g/mol. The summed E-state index contributed by atoms with van der Waals surface area (Å²) in [6, 6.07) is 10.8. The van der Waals surface area contributed by atoms with Crippen molar-refractivity contribution < 1.29 is 9.84 Å². The predicted octanol–water partition coefficient (Wildman–Crippen LogP) is 1.36. The molecular formula is C14H21NO2. The summed E-state index contributed by atoms with van der Waals surface area (Å²) in [6.45, 7) is 3.07. The largest absolute Gasteiger partial charge is 0.395 e. The van der Waals surface area contributed by atoms with Crippen molar-refractivity contribution >= 4 is 0 Å². The van der Waals surface area contributed by atoms with Crippen LogP contribution in [0.4, 0.5) is 0 Å². The molecule has 3 heteroatoms. The van der Waals surface area contributed by atoms with Crippen molar-refractivity contribution in [2.75, 3.05) is 13.2 Å². The maximum absolute atomic E-state index is 9.43. The summed E-state index contributed by atoms with van der Waals surface area (Å²) in [7, 11) is 0. The molecule has 3 nitrogen and oxygen atoms in total. The maximum atomic E-state index is 9.43. The number of aliphatic hydroxyl groups excluding tert-OH is 1. The Morgan fingerprint density at radius 3 is 2.76 bits per heavy atom. The highest BCUT2D eigenvalue weighted by Gasteiger charge is 2.26. The Kier molecular flexibility index (Phi) is 4.54. The van der Waals surface area contributed by atoms with E-state index in [0.717, 1.165) is 19.4 Å². The zero-order chi connectivity index (χ0) is 12.1. The van der Waals surface area contributed by atoms with Crippen molar-refractivity contribution in [3.8, 4) is 0 Å². The van der Waals surface area contributed by atoms with Crippen LogP contribution in [0, 0.1) is 0 Å². The van der Waals surface area contributed by atoms with E-state index < -0.39 is 0 Å². The Bertz CT molecular complexity index is 328. The van der Waals surface area contributed by atoms with E-state index in [0.29, 0.717) is 6.04 Å². The third-order valence-electron chi connectivity index (χ3n) is 3.37. The summed E-state index contributed by atoms with van der Waals surface area (Å²) < 4.78 is 5.52. The smallest absolute Gasteiger partial charge is 0.0700 e. The topological polar surface area (TPSA) is 41.5 Å². The molecule has 2 N–H and O–H groups in total. The van der Waals surface area contributed by atoms with Crippen molar-refractivity contribution in [3.63, 3.8) is 0 Å². The number of ether oxygens (including phenoxy) is 1. The molecule has 0 spiro atoms.